The highest BCUT2D eigenvalue weighted by Gasteiger charge is 2.29. The molecule has 0 aliphatic carbocycles. The van der Waals surface area contributed by atoms with Crippen LogP contribution in [0.1, 0.15) is 20.8 Å². The number of fused-ring (bicyclic) bond motifs is 1. The summed E-state index contributed by atoms with van der Waals surface area (Å²) in [6, 6.07) is 42.9. The van der Waals surface area contributed by atoms with Gasteiger partial charge in [0.05, 0.1) is 11.4 Å². The fourth-order valence-electron chi connectivity index (χ4n) is 5.65. The Bertz CT molecular complexity index is 1850. The molecule has 0 saturated heterocycles. The second-order valence-electron chi connectivity index (χ2n) is 11.3. The van der Waals surface area contributed by atoms with Crippen molar-refractivity contribution in [2.45, 2.75) is 26.3 Å². The number of benzene rings is 6. The molecular weight excluding hydrogens is 508 g/mol. The average Bonchev–Trinajstić information content (AvgIpc) is 2.98. The van der Waals surface area contributed by atoms with Crippen molar-refractivity contribution in [2.24, 2.45) is 0 Å². The summed E-state index contributed by atoms with van der Waals surface area (Å²) in [6.07, 6.45) is 0. The SMILES string of the molecule is CC(C)(C)N(c1ccccc1F)c1cc(-c2ccccc2)c(-c2cccc(-c3cccc4ccccc34)c2)cc1F. The smallest absolute Gasteiger partial charge is 0.147 e. The van der Waals surface area contributed by atoms with E-state index in [1.54, 1.807) is 29.2 Å². The summed E-state index contributed by atoms with van der Waals surface area (Å²) in [5.41, 5.74) is 5.79. The molecule has 41 heavy (non-hydrogen) atoms. The molecule has 0 aromatic heterocycles. The summed E-state index contributed by atoms with van der Waals surface area (Å²) in [6.45, 7) is 5.88. The van der Waals surface area contributed by atoms with Gasteiger partial charge in [0.2, 0.25) is 0 Å². The van der Waals surface area contributed by atoms with Gasteiger partial charge < -0.3 is 4.90 Å². The van der Waals surface area contributed by atoms with Gasteiger partial charge in [0, 0.05) is 5.54 Å². The molecule has 0 N–H and O–H groups in total. The van der Waals surface area contributed by atoms with Crippen LogP contribution in [0.2, 0.25) is 0 Å². The second kappa shape index (κ2) is 10.7. The molecule has 0 atom stereocenters. The molecule has 0 unspecified atom stereocenters. The Hall–Kier alpha value is -4.76. The topological polar surface area (TPSA) is 3.24 Å². The fourth-order valence-corrected chi connectivity index (χ4v) is 5.65. The first-order valence-corrected chi connectivity index (χ1v) is 13.8. The molecule has 0 aliphatic rings. The summed E-state index contributed by atoms with van der Waals surface area (Å²) in [5, 5.41) is 2.34. The van der Waals surface area contributed by atoms with Crippen LogP contribution in [0.15, 0.2) is 133 Å². The molecular formula is C38H31F2N. The van der Waals surface area contributed by atoms with Crippen LogP contribution in [0.3, 0.4) is 0 Å². The molecule has 6 aromatic carbocycles. The van der Waals surface area contributed by atoms with Crippen molar-refractivity contribution >= 4 is 22.1 Å². The van der Waals surface area contributed by atoms with Crippen LogP contribution >= 0.6 is 0 Å². The molecule has 0 heterocycles. The third-order valence-corrected chi connectivity index (χ3v) is 7.45. The summed E-state index contributed by atoms with van der Waals surface area (Å²) in [7, 11) is 0. The Kier molecular flexibility index (Phi) is 6.88. The molecule has 3 heteroatoms. The zero-order valence-electron chi connectivity index (χ0n) is 23.4. The standard InChI is InChI=1S/C38H31F2N/c1-38(2,3)41(36-22-10-9-21-34(36)39)37-25-33(27-13-5-4-6-14-27)32(24-35(37)40)29-18-11-17-28(23-29)31-20-12-16-26-15-7-8-19-30(26)31/h4-25H,1-3H3. The van der Waals surface area contributed by atoms with Crippen LogP contribution in [0.25, 0.3) is 44.2 Å². The quantitative estimate of drug-likeness (QED) is 0.211. The first-order chi connectivity index (χ1) is 19.8. The Morgan fingerprint density at radius 2 is 1.05 bits per heavy atom. The van der Waals surface area contributed by atoms with Gasteiger partial charge in [-0.15, -0.1) is 0 Å². The predicted octanol–water partition coefficient (Wildman–Crippen LogP) is 11.1. The largest absolute Gasteiger partial charge is 0.331 e. The van der Waals surface area contributed by atoms with Crippen molar-refractivity contribution in [1.82, 2.24) is 0 Å². The molecule has 0 saturated carbocycles. The first-order valence-electron chi connectivity index (χ1n) is 13.8. The van der Waals surface area contributed by atoms with Gasteiger partial charge in [-0.1, -0.05) is 103 Å². The number of para-hydroxylation sites is 1. The number of hydrogen-bond acceptors (Lipinski definition) is 1. The lowest BCUT2D eigenvalue weighted by Gasteiger charge is -2.38. The lowest BCUT2D eigenvalue weighted by atomic mass is 9.90. The van der Waals surface area contributed by atoms with Gasteiger partial charge in [-0.25, -0.2) is 8.78 Å². The van der Waals surface area contributed by atoms with E-state index >= 15 is 8.78 Å². The van der Waals surface area contributed by atoms with Crippen LogP contribution in [0, 0.1) is 11.6 Å². The highest BCUT2D eigenvalue weighted by Crippen LogP contribution is 2.43. The van der Waals surface area contributed by atoms with E-state index in [1.165, 1.54) is 16.8 Å². The van der Waals surface area contributed by atoms with Crippen molar-refractivity contribution in [3.8, 4) is 33.4 Å². The number of nitrogens with zero attached hydrogens (tertiary/aromatic N) is 1. The molecule has 202 valence electrons. The lowest BCUT2D eigenvalue weighted by Crippen LogP contribution is -2.38. The Labute approximate surface area is 240 Å². The van der Waals surface area contributed by atoms with E-state index in [-0.39, 0.29) is 0 Å². The zero-order chi connectivity index (χ0) is 28.6. The maximum atomic E-state index is 16.3. The predicted molar refractivity (Wildman–Crippen MR) is 169 cm³/mol. The van der Waals surface area contributed by atoms with E-state index in [2.05, 4.69) is 42.5 Å². The average molecular weight is 540 g/mol. The van der Waals surface area contributed by atoms with Gasteiger partial charge in [-0.05, 0) is 95.3 Å². The normalized spacial score (nSPS) is 11.5. The van der Waals surface area contributed by atoms with E-state index < -0.39 is 17.2 Å². The molecule has 0 radical (unpaired) electrons. The Morgan fingerprint density at radius 3 is 1.80 bits per heavy atom. The highest BCUT2D eigenvalue weighted by molar-refractivity contribution is 5.98. The second-order valence-corrected chi connectivity index (χ2v) is 11.3. The van der Waals surface area contributed by atoms with Crippen LogP contribution in [-0.4, -0.2) is 5.54 Å². The highest BCUT2D eigenvalue weighted by atomic mass is 19.1. The number of halogens is 2. The minimum absolute atomic E-state index is 0.329. The molecule has 0 bridgehead atoms. The van der Waals surface area contributed by atoms with Gasteiger partial charge in [0.15, 0.2) is 0 Å². The van der Waals surface area contributed by atoms with Gasteiger partial charge in [0.1, 0.15) is 11.6 Å². The van der Waals surface area contributed by atoms with Crippen molar-refractivity contribution in [3.63, 3.8) is 0 Å². The minimum Gasteiger partial charge on any atom is -0.331 e. The van der Waals surface area contributed by atoms with Crippen LogP contribution < -0.4 is 4.90 Å². The van der Waals surface area contributed by atoms with E-state index in [0.717, 1.165) is 33.4 Å². The molecule has 0 aliphatic heterocycles. The number of anilines is 2. The first kappa shape index (κ1) is 26.5. The van der Waals surface area contributed by atoms with Gasteiger partial charge in [-0.2, -0.15) is 0 Å². The zero-order valence-corrected chi connectivity index (χ0v) is 23.4. The molecule has 6 rings (SSSR count). The third-order valence-electron chi connectivity index (χ3n) is 7.45. The molecule has 1 nitrogen and oxygen atoms in total. The van der Waals surface area contributed by atoms with Gasteiger partial charge >= 0.3 is 0 Å². The van der Waals surface area contributed by atoms with E-state index in [9.17, 15) is 0 Å². The Morgan fingerprint density at radius 1 is 0.463 bits per heavy atom. The maximum Gasteiger partial charge on any atom is 0.147 e. The van der Waals surface area contributed by atoms with E-state index in [0.29, 0.717) is 11.4 Å². The van der Waals surface area contributed by atoms with Crippen molar-refractivity contribution in [3.05, 3.63) is 145 Å². The van der Waals surface area contributed by atoms with Crippen molar-refractivity contribution in [2.75, 3.05) is 4.90 Å². The van der Waals surface area contributed by atoms with Gasteiger partial charge in [0.25, 0.3) is 0 Å². The molecule has 0 spiro atoms. The van der Waals surface area contributed by atoms with Crippen LogP contribution in [-0.2, 0) is 0 Å². The van der Waals surface area contributed by atoms with Crippen LogP contribution in [0.4, 0.5) is 20.2 Å². The molecule has 6 aromatic rings. The molecule has 0 fully saturated rings. The number of hydrogen-bond donors (Lipinski definition) is 0. The monoisotopic (exact) mass is 539 g/mol. The lowest BCUT2D eigenvalue weighted by molar-refractivity contribution is 0.527. The summed E-state index contributed by atoms with van der Waals surface area (Å²) >= 11 is 0. The summed E-state index contributed by atoms with van der Waals surface area (Å²) in [5.74, 6) is -0.802. The van der Waals surface area contributed by atoms with Crippen LogP contribution in [0.5, 0.6) is 0 Å². The summed E-state index contributed by atoms with van der Waals surface area (Å²) < 4.78 is 31.4. The van der Waals surface area contributed by atoms with Gasteiger partial charge in [-0.3, -0.25) is 0 Å². The van der Waals surface area contributed by atoms with E-state index in [4.69, 9.17) is 0 Å². The third kappa shape index (κ3) is 5.12. The molecule has 0 amide bonds. The van der Waals surface area contributed by atoms with Crippen molar-refractivity contribution in [1.29, 1.82) is 0 Å². The fraction of sp³-hybridized carbons (Fsp3) is 0.105. The summed E-state index contributed by atoms with van der Waals surface area (Å²) in [4.78, 5) is 1.75. The minimum atomic E-state index is -0.590. The Balaban J connectivity index is 1.57. The number of rotatable bonds is 5. The maximum absolute atomic E-state index is 16.3. The van der Waals surface area contributed by atoms with Crippen molar-refractivity contribution < 1.29 is 8.78 Å². The van der Waals surface area contributed by atoms with E-state index in [1.807, 2.05) is 81.4 Å².